The van der Waals surface area contributed by atoms with Gasteiger partial charge in [0.05, 0.1) is 11.1 Å². The fraction of sp³-hybridized carbons (Fsp3) is 0.273. The van der Waals surface area contributed by atoms with E-state index in [1.807, 2.05) is 0 Å². The van der Waals surface area contributed by atoms with E-state index in [4.69, 9.17) is 28.1 Å². The Hall–Kier alpha value is -3.25. The van der Waals surface area contributed by atoms with Crippen LogP contribution in [0, 0.1) is 12.3 Å². The van der Waals surface area contributed by atoms with Crippen molar-refractivity contribution in [1.82, 2.24) is 10.6 Å². The molecule has 9 heteroatoms. The second-order valence-electron chi connectivity index (χ2n) is 7.07. The van der Waals surface area contributed by atoms with Crippen LogP contribution in [-0.2, 0) is 11.0 Å². The minimum absolute atomic E-state index is 0.0867. The van der Waals surface area contributed by atoms with Gasteiger partial charge in [-0.3, -0.25) is 10.1 Å². The number of benzene rings is 2. The second-order valence-corrected chi connectivity index (χ2v) is 7.48. The number of carbonyl (C=O) groups is 1. The van der Waals surface area contributed by atoms with Crippen LogP contribution < -0.4 is 20.1 Å². The Morgan fingerprint density at radius 2 is 1.52 bits per heavy atom. The van der Waals surface area contributed by atoms with Crippen molar-refractivity contribution >= 4 is 23.2 Å². The Morgan fingerprint density at radius 1 is 1.03 bits per heavy atom. The van der Waals surface area contributed by atoms with Gasteiger partial charge < -0.3 is 14.8 Å². The Bertz CT molecular complexity index is 965. The van der Waals surface area contributed by atoms with E-state index in [1.54, 1.807) is 45.0 Å². The van der Waals surface area contributed by atoms with Gasteiger partial charge in [0.25, 0.3) is 5.91 Å². The molecule has 31 heavy (non-hydrogen) atoms. The summed E-state index contributed by atoms with van der Waals surface area (Å²) in [6.45, 7) is 5.02. The predicted molar refractivity (Wildman–Crippen MR) is 115 cm³/mol. The van der Waals surface area contributed by atoms with Gasteiger partial charge in [0, 0.05) is 0 Å². The molecule has 0 heterocycles. The van der Waals surface area contributed by atoms with Crippen LogP contribution in [0.25, 0.3) is 0 Å². The molecule has 0 saturated heterocycles. The van der Waals surface area contributed by atoms with Gasteiger partial charge in [-0.1, -0.05) is 5.92 Å². The summed E-state index contributed by atoms with van der Waals surface area (Å²) in [5.41, 5.74) is -1.47. The molecule has 0 aliphatic carbocycles. The van der Waals surface area contributed by atoms with Crippen LogP contribution in [0.2, 0.25) is 0 Å². The molecule has 0 saturated carbocycles. The van der Waals surface area contributed by atoms with Crippen molar-refractivity contribution in [2.24, 2.45) is 0 Å². The summed E-state index contributed by atoms with van der Waals surface area (Å²) >= 11 is 5.06. The Morgan fingerprint density at radius 3 is 2.00 bits per heavy atom. The molecule has 0 aromatic heterocycles. The lowest BCUT2D eigenvalue weighted by molar-refractivity contribution is -0.137. The zero-order valence-electron chi connectivity index (χ0n) is 17.0. The fourth-order valence-electron chi connectivity index (χ4n) is 2.26. The van der Waals surface area contributed by atoms with Gasteiger partial charge in [-0.05, 0) is 81.5 Å². The molecule has 1 unspecified atom stereocenters. The Kier molecular flexibility index (Phi) is 7.52. The zero-order valence-corrected chi connectivity index (χ0v) is 17.9. The zero-order chi connectivity index (χ0) is 23.2. The standard InChI is InChI=1S/C22H21F3N2O3S/c1-5-21(3,4)27-20(31)26-19(28)14(2)29-16-10-12-18(13-11-16)30-17-8-6-15(7-9-17)22(23,24)25/h1,6-14H,2-4H3,(H2,26,27,28,31). The maximum atomic E-state index is 12.6. The Labute approximate surface area is 183 Å². The van der Waals surface area contributed by atoms with Gasteiger partial charge >= 0.3 is 6.18 Å². The highest BCUT2D eigenvalue weighted by Crippen LogP contribution is 2.31. The molecule has 1 amide bonds. The van der Waals surface area contributed by atoms with Crippen LogP contribution in [0.3, 0.4) is 0 Å². The molecule has 2 aromatic carbocycles. The first-order chi connectivity index (χ1) is 14.4. The van der Waals surface area contributed by atoms with Crippen LogP contribution in [0.5, 0.6) is 17.2 Å². The summed E-state index contributed by atoms with van der Waals surface area (Å²) in [6, 6.07) is 10.6. The third kappa shape index (κ3) is 7.50. The molecule has 2 N–H and O–H groups in total. The van der Waals surface area contributed by atoms with Gasteiger partial charge in [-0.25, -0.2) is 0 Å². The molecule has 0 fully saturated rings. The number of nitrogens with one attached hydrogen (secondary N) is 2. The van der Waals surface area contributed by atoms with Crippen LogP contribution in [0.1, 0.15) is 26.3 Å². The van der Waals surface area contributed by atoms with E-state index in [-0.39, 0.29) is 10.9 Å². The fourth-order valence-corrected chi connectivity index (χ4v) is 2.61. The highest BCUT2D eigenvalue weighted by atomic mass is 32.1. The van der Waals surface area contributed by atoms with E-state index in [0.717, 1.165) is 12.1 Å². The van der Waals surface area contributed by atoms with Crippen molar-refractivity contribution in [3.63, 3.8) is 0 Å². The number of carbonyl (C=O) groups excluding carboxylic acids is 1. The molecule has 0 aliphatic rings. The summed E-state index contributed by atoms with van der Waals surface area (Å²) < 4.78 is 48.9. The van der Waals surface area contributed by atoms with E-state index < -0.39 is 29.3 Å². The number of thiocarbonyl (C=S) groups is 1. The van der Waals surface area contributed by atoms with E-state index >= 15 is 0 Å². The first-order valence-electron chi connectivity index (χ1n) is 9.12. The number of hydrogen-bond acceptors (Lipinski definition) is 4. The van der Waals surface area contributed by atoms with Crippen molar-refractivity contribution in [2.75, 3.05) is 0 Å². The number of halogens is 3. The normalized spacial score (nSPS) is 12.3. The number of terminal acetylenes is 1. The highest BCUT2D eigenvalue weighted by Gasteiger charge is 2.30. The van der Waals surface area contributed by atoms with Gasteiger partial charge in [-0.15, -0.1) is 6.42 Å². The molecule has 164 valence electrons. The maximum absolute atomic E-state index is 12.6. The monoisotopic (exact) mass is 450 g/mol. The summed E-state index contributed by atoms with van der Waals surface area (Å²) in [4.78, 5) is 12.2. The van der Waals surface area contributed by atoms with Crippen LogP contribution in [0.4, 0.5) is 13.2 Å². The SMILES string of the molecule is C#CC(C)(C)NC(=S)NC(=O)C(C)Oc1ccc(Oc2ccc(C(F)(F)F)cc2)cc1. The third-order valence-corrected chi connectivity index (χ3v) is 4.15. The smallest absolute Gasteiger partial charge is 0.416 e. The number of rotatable bonds is 6. The number of hydrogen-bond donors (Lipinski definition) is 2. The van der Waals surface area contributed by atoms with Crippen molar-refractivity contribution in [3.05, 3.63) is 54.1 Å². The first kappa shape index (κ1) is 24.0. The minimum Gasteiger partial charge on any atom is -0.481 e. The van der Waals surface area contributed by atoms with Gasteiger partial charge in [0.15, 0.2) is 11.2 Å². The van der Waals surface area contributed by atoms with Crippen LogP contribution in [-0.4, -0.2) is 22.7 Å². The molecule has 0 aliphatic heterocycles. The van der Waals surface area contributed by atoms with Gasteiger partial charge in [0.1, 0.15) is 17.2 Å². The Balaban J connectivity index is 1.91. The first-order valence-corrected chi connectivity index (χ1v) is 9.53. The van der Waals surface area contributed by atoms with E-state index in [0.29, 0.717) is 11.5 Å². The quantitative estimate of drug-likeness (QED) is 0.495. The predicted octanol–water partition coefficient (Wildman–Crippen LogP) is 4.67. The summed E-state index contributed by atoms with van der Waals surface area (Å²) in [7, 11) is 0. The van der Waals surface area contributed by atoms with E-state index in [1.165, 1.54) is 12.1 Å². The molecule has 0 spiro atoms. The van der Waals surface area contributed by atoms with Crippen LogP contribution >= 0.6 is 12.2 Å². The van der Waals surface area contributed by atoms with Gasteiger partial charge in [0.2, 0.25) is 0 Å². The average molecular weight is 450 g/mol. The lowest BCUT2D eigenvalue weighted by Crippen LogP contribution is -2.51. The van der Waals surface area contributed by atoms with Crippen molar-refractivity contribution in [2.45, 2.75) is 38.6 Å². The van der Waals surface area contributed by atoms with Crippen molar-refractivity contribution < 1.29 is 27.4 Å². The molecular formula is C22H21F3N2O3S. The third-order valence-electron chi connectivity index (χ3n) is 3.95. The highest BCUT2D eigenvalue weighted by molar-refractivity contribution is 7.80. The topological polar surface area (TPSA) is 59.6 Å². The summed E-state index contributed by atoms with van der Waals surface area (Å²) in [5, 5.41) is 5.42. The van der Waals surface area contributed by atoms with Crippen molar-refractivity contribution in [1.29, 1.82) is 0 Å². The second kappa shape index (κ2) is 9.71. The number of amides is 1. The van der Waals surface area contributed by atoms with E-state index in [9.17, 15) is 18.0 Å². The summed E-state index contributed by atoms with van der Waals surface area (Å²) in [5.74, 6) is 3.08. The lowest BCUT2D eigenvalue weighted by Gasteiger charge is -2.22. The molecule has 2 rings (SSSR count). The largest absolute Gasteiger partial charge is 0.481 e. The average Bonchev–Trinajstić information content (AvgIpc) is 2.68. The molecule has 0 bridgehead atoms. The van der Waals surface area contributed by atoms with Crippen molar-refractivity contribution in [3.8, 4) is 29.6 Å². The van der Waals surface area contributed by atoms with Crippen LogP contribution in [0.15, 0.2) is 48.5 Å². The molecule has 0 radical (unpaired) electrons. The lowest BCUT2D eigenvalue weighted by atomic mass is 10.1. The van der Waals surface area contributed by atoms with E-state index in [2.05, 4.69) is 16.6 Å². The van der Waals surface area contributed by atoms with Gasteiger partial charge in [-0.2, -0.15) is 13.2 Å². The number of ether oxygens (including phenoxy) is 2. The number of alkyl halides is 3. The summed E-state index contributed by atoms with van der Waals surface area (Å²) in [6.07, 6.45) is 0.111. The molecular weight excluding hydrogens is 429 g/mol. The molecule has 1 atom stereocenters. The minimum atomic E-state index is -4.40. The molecule has 2 aromatic rings. The molecule has 5 nitrogen and oxygen atoms in total. The maximum Gasteiger partial charge on any atom is 0.416 e.